The summed E-state index contributed by atoms with van der Waals surface area (Å²) in [4.78, 5) is 17.5. The first kappa shape index (κ1) is 19.7. The fourth-order valence-electron chi connectivity index (χ4n) is 5.29. The van der Waals surface area contributed by atoms with Crippen LogP contribution in [0.3, 0.4) is 0 Å². The molecule has 2 amide bonds. The summed E-state index contributed by atoms with van der Waals surface area (Å²) >= 11 is 0. The quantitative estimate of drug-likeness (QED) is 0.839. The highest BCUT2D eigenvalue weighted by Crippen LogP contribution is 2.30. The van der Waals surface area contributed by atoms with Gasteiger partial charge in [0.15, 0.2) is 0 Å². The minimum absolute atomic E-state index is 0.0146. The largest absolute Gasteiger partial charge is 0.338 e. The van der Waals surface area contributed by atoms with Gasteiger partial charge in [-0.15, -0.1) is 0 Å². The molecule has 3 aliphatic rings. The molecule has 2 aliphatic heterocycles. The lowest BCUT2D eigenvalue weighted by molar-refractivity contribution is 0.0934. The van der Waals surface area contributed by atoms with Crippen LogP contribution in [-0.2, 0) is 6.42 Å². The van der Waals surface area contributed by atoms with E-state index in [1.165, 1.54) is 56.3 Å². The van der Waals surface area contributed by atoms with Gasteiger partial charge in [0.05, 0.1) is 0 Å². The molecule has 0 bridgehead atoms. The smallest absolute Gasteiger partial charge is 0.315 e. The van der Waals surface area contributed by atoms with Crippen LogP contribution in [0, 0.1) is 0 Å². The summed E-state index contributed by atoms with van der Waals surface area (Å²) in [7, 11) is 2.22. The molecule has 1 aromatic rings. The molecule has 0 aromatic heterocycles. The first-order chi connectivity index (χ1) is 13.7. The fraction of sp³-hybridized carbons (Fsp3) is 0.696. The second-order valence-corrected chi connectivity index (χ2v) is 8.99. The van der Waals surface area contributed by atoms with Crippen LogP contribution in [0.25, 0.3) is 0 Å². The zero-order chi connectivity index (χ0) is 19.3. The Morgan fingerprint density at radius 2 is 1.79 bits per heavy atom. The van der Waals surface area contributed by atoms with Crippen molar-refractivity contribution < 1.29 is 4.79 Å². The Labute approximate surface area is 169 Å². The third-order valence-electron chi connectivity index (χ3n) is 7.07. The maximum atomic E-state index is 12.4. The zero-order valence-electron chi connectivity index (χ0n) is 17.3. The highest BCUT2D eigenvalue weighted by Gasteiger charge is 2.28. The van der Waals surface area contributed by atoms with Crippen molar-refractivity contribution in [1.82, 2.24) is 20.4 Å². The topological polar surface area (TPSA) is 47.6 Å². The van der Waals surface area contributed by atoms with Crippen LogP contribution in [0.4, 0.5) is 4.79 Å². The van der Waals surface area contributed by atoms with Gasteiger partial charge in [-0.05, 0) is 76.2 Å². The van der Waals surface area contributed by atoms with E-state index in [1.54, 1.807) is 0 Å². The van der Waals surface area contributed by atoms with Crippen LogP contribution in [0.1, 0.15) is 55.6 Å². The number of nitrogens with zero attached hydrogens (tertiary/aromatic N) is 2. The van der Waals surface area contributed by atoms with Crippen molar-refractivity contribution in [1.29, 1.82) is 0 Å². The number of amides is 2. The SMILES string of the molecule is CN1CCC(N2CCC(NC(=O)NCC3CCCc4ccccc43)CC2)CC1. The number of nitrogens with one attached hydrogen (secondary N) is 2. The third-order valence-corrected chi connectivity index (χ3v) is 7.07. The molecular formula is C23H36N4O. The van der Waals surface area contributed by atoms with E-state index in [1.807, 2.05) is 0 Å². The van der Waals surface area contributed by atoms with E-state index in [-0.39, 0.29) is 6.03 Å². The van der Waals surface area contributed by atoms with Gasteiger partial charge in [-0.1, -0.05) is 24.3 Å². The van der Waals surface area contributed by atoms with Crippen molar-refractivity contribution in [2.75, 3.05) is 39.8 Å². The minimum atomic E-state index is 0.0146. The maximum absolute atomic E-state index is 12.4. The van der Waals surface area contributed by atoms with E-state index in [4.69, 9.17) is 0 Å². The van der Waals surface area contributed by atoms with Gasteiger partial charge in [0.2, 0.25) is 0 Å². The van der Waals surface area contributed by atoms with E-state index in [2.05, 4.69) is 51.7 Å². The summed E-state index contributed by atoms with van der Waals surface area (Å²) in [6.45, 7) is 5.42. The number of likely N-dealkylation sites (tertiary alicyclic amines) is 2. The number of hydrogen-bond donors (Lipinski definition) is 2. The van der Waals surface area contributed by atoms with Gasteiger partial charge in [0, 0.05) is 37.6 Å². The molecule has 2 saturated heterocycles. The van der Waals surface area contributed by atoms with Gasteiger partial charge >= 0.3 is 6.03 Å². The average Bonchev–Trinajstić information content (AvgIpc) is 2.73. The molecule has 1 aliphatic carbocycles. The number of urea groups is 1. The average molecular weight is 385 g/mol. The number of piperidine rings is 2. The Bertz CT molecular complexity index is 648. The molecular weight excluding hydrogens is 348 g/mol. The second-order valence-electron chi connectivity index (χ2n) is 8.99. The number of benzene rings is 1. The molecule has 4 rings (SSSR count). The highest BCUT2D eigenvalue weighted by atomic mass is 16.2. The van der Waals surface area contributed by atoms with Crippen molar-refractivity contribution in [3.8, 4) is 0 Å². The van der Waals surface area contributed by atoms with Crippen LogP contribution >= 0.6 is 0 Å². The first-order valence-electron chi connectivity index (χ1n) is 11.2. The van der Waals surface area contributed by atoms with Crippen LogP contribution in [-0.4, -0.2) is 67.7 Å². The molecule has 154 valence electrons. The van der Waals surface area contributed by atoms with Gasteiger partial charge in [-0.25, -0.2) is 4.79 Å². The van der Waals surface area contributed by atoms with Gasteiger partial charge in [-0.3, -0.25) is 0 Å². The third kappa shape index (κ3) is 4.87. The molecule has 1 aromatic carbocycles. The number of hydrogen-bond acceptors (Lipinski definition) is 3. The maximum Gasteiger partial charge on any atom is 0.315 e. The van der Waals surface area contributed by atoms with Crippen LogP contribution in [0.5, 0.6) is 0 Å². The molecule has 2 heterocycles. The van der Waals surface area contributed by atoms with E-state index in [9.17, 15) is 4.79 Å². The summed E-state index contributed by atoms with van der Waals surface area (Å²) < 4.78 is 0. The summed E-state index contributed by atoms with van der Waals surface area (Å²) in [5, 5.41) is 6.38. The number of rotatable bonds is 4. The highest BCUT2D eigenvalue weighted by molar-refractivity contribution is 5.74. The van der Waals surface area contributed by atoms with Gasteiger partial charge < -0.3 is 20.4 Å². The number of aryl methyl sites for hydroxylation is 1. The number of carbonyl (C=O) groups is 1. The minimum Gasteiger partial charge on any atom is -0.338 e. The predicted octanol–water partition coefficient (Wildman–Crippen LogP) is 2.96. The van der Waals surface area contributed by atoms with Crippen LogP contribution < -0.4 is 10.6 Å². The predicted molar refractivity (Wildman–Crippen MR) is 114 cm³/mol. The second kappa shape index (κ2) is 9.27. The molecule has 0 radical (unpaired) electrons. The van der Waals surface area contributed by atoms with Crippen LogP contribution in [0.2, 0.25) is 0 Å². The Kier molecular flexibility index (Phi) is 6.53. The molecule has 0 saturated carbocycles. The lowest BCUT2D eigenvalue weighted by atomic mass is 9.83. The number of carbonyl (C=O) groups excluding carboxylic acids is 1. The van der Waals surface area contributed by atoms with Crippen molar-refractivity contribution in [3.63, 3.8) is 0 Å². The molecule has 2 N–H and O–H groups in total. The standard InChI is InChI=1S/C23H36N4O/c1-26-13-11-21(12-14-26)27-15-9-20(10-16-27)25-23(28)24-17-19-7-4-6-18-5-2-3-8-22(18)19/h2-3,5,8,19-21H,4,6-7,9-17H2,1H3,(H2,24,25,28). The van der Waals surface area contributed by atoms with Crippen molar-refractivity contribution in [2.45, 2.75) is 62.9 Å². The molecule has 1 atom stereocenters. The molecule has 1 unspecified atom stereocenters. The van der Waals surface area contributed by atoms with E-state index in [0.717, 1.165) is 38.5 Å². The molecule has 5 heteroatoms. The summed E-state index contributed by atoms with van der Waals surface area (Å²) in [6.07, 6.45) is 8.30. The van der Waals surface area contributed by atoms with Gasteiger partial charge in [-0.2, -0.15) is 0 Å². The first-order valence-corrected chi connectivity index (χ1v) is 11.2. The van der Waals surface area contributed by atoms with Gasteiger partial charge in [0.25, 0.3) is 0 Å². The summed E-state index contributed by atoms with van der Waals surface area (Å²) in [5.41, 5.74) is 2.89. The zero-order valence-corrected chi connectivity index (χ0v) is 17.3. The molecule has 28 heavy (non-hydrogen) atoms. The molecule has 0 spiro atoms. The summed E-state index contributed by atoms with van der Waals surface area (Å²) in [5.74, 6) is 0.460. The Morgan fingerprint density at radius 1 is 1.04 bits per heavy atom. The van der Waals surface area contributed by atoms with Crippen LogP contribution in [0.15, 0.2) is 24.3 Å². The number of fused-ring (bicyclic) bond motifs is 1. The van der Waals surface area contributed by atoms with Gasteiger partial charge in [0.1, 0.15) is 0 Å². The van der Waals surface area contributed by atoms with E-state index in [0.29, 0.717) is 12.0 Å². The van der Waals surface area contributed by atoms with E-state index >= 15 is 0 Å². The Morgan fingerprint density at radius 3 is 2.57 bits per heavy atom. The normalized spacial score (nSPS) is 25.2. The Balaban J connectivity index is 1.18. The van der Waals surface area contributed by atoms with Crippen molar-refractivity contribution in [3.05, 3.63) is 35.4 Å². The van der Waals surface area contributed by atoms with Crippen molar-refractivity contribution in [2.24, 2.45) is 0 Å². The molecule has 5 nitrogen and oxygen atoms in total. The van der Waals surface area contributed by atoms with Crippen molar-refractivity contribution >= 4 is 6.03 Å². The fourth-order valence-corrected chi connectivity index (χ4v) is 5.29. The summed E-state index contributed by atoms with van der Waals surface area (Å²) in [6, 6.07) is 9.80. The molecule has 2 fully saturated rings. The Hall–Kier alpha value is -1.59. The lowest BCUT2D eigenvalue weighted by Crippen LogP contribution is -2.52. The lowest BCUT2D eigenvalue weighted by Gasteiger charge is -2.41. The monoisotopic (exact) mass is 384 g/mol. The van der Waals surface area contributed by atoms with E-state index < -0.39 is 0 Å².